The van der Waals surface area contributed by atoms with Crippen LogP contribution in [0.5, 0.6) is 0 Å². The number of nitrogens with one attached hydrogen (secondary N) is 2. The molecule has 108 valence electrons. The molecule has 1 aromatic rings. The molecule has 0 bridgehead atoms. The van der Waals surface area contributed by atoms with Crippen molar-refractivity contribution in [1.29, 1.82) is 0 Å². The van der Waals surface area contributed by atoms with Crippen LogP contribution in [0.15, 0.2) is 24.3 Å². The van der Waals surface area contributed by atoms with E-state index in [1.165, 1.54) is 19.4 Å². The summed E-state index contributed by atoms with van der Waals surface area (Å²) in [5, 5.41) is 6.46. The minimum absolute atomic E-state index is 0.0392. The van der Waals surface area contributed by atoms with Crippen molar-refractivity contribution >= 4 is 11.6 Å². The molecule has 0 aromatic heterocycles. The lowest BCUT2D eigenvalue weighted by Gasteiger charge is -2.23. The molecule has 4 nitrogen and oxygen atoms in total. The van der Waals surface area contributed by atoms with Gasteiger partial charge in [-0.25, -0.2) is 0 Å². The Hall–Kier alpha value is -1.55. The van der Waals surface area contributed by atoms with Crippen LogP contribution >= 0.6 is 0 Å². The van der Waals surface area contributed by atoms with Gasteiger partial charge in [0.1, 0.15) is 0 Å². The van der Waals surface area contributed by atoms with E-state index in [1.54, 1.807) is 0 Å². The number of hydrogen-bond donors (Lipinski definition) is 2. The summed E-state index contributed by atoms with van der Waals surface area (Å²) in [6.45, 7) is 5.94. The third kappa shape index (κ3) is 2.52. The van der Waals surface area contributed by atoms with Crippen LogP contribution in [0.3, 0.4) is 0 Å². The van der Waals surface area contributed by atoms with Gasteiger partial charge in [-0.05, 0) is 37.6 Å². The Labute approximate surface area is 120 Å². The van der Waals surface area contributed by atoms with Gasteiger partial charge in [0, 0.05) is 24.8 Å². The first-order valence-electron chi connectivity index (χ1n) is 7.64. The normalized spacial score (nSPS) is 25.2. The van der Waals surface area contributed by atoms with E-state index in [4.69, 9.17) is 0 Å². The van der Waals surface area contributed by atoms with E-state index in [0.29, 0.717) is 12.6 Å². The molecule has 2 heterocycles. The topological polar surface area (TPSA) is 44.4 Å². The van der Waals surface area contributed by atoms with Gasteiger partial charge < -0.3 is 10.6 Å². The van der Waals surface area contributed by atoms with Gasteiger partial charge in [0.05, 0.1) is 5.92 Å². The molecule has 1 amide bonds. The first-order chi connectivity index (χ1) is 9.79. The molecule has 2 aliphatic rings. The van der Waals surface area contributed by atoms with Gasteiger partial charge in [0.2, 0.25) is 5.91 Å². The fraction of sp³-hybridized carbons (Fsp3) is 0.562. The molecule has 0 saturated carbocycles. The van der Waals surface area contributed by atoms with E-state index in [0.717, 1.165) is 24.3 Å². The van der Waals surface area contributed by atoms with E-state index >= 15 is 0 Å². The lowest BCUT2D eigenvalue weighted by molar-refractivity contribution is -0.122. The number of carbonyl (C=O) groups excluding carboxylic acids is 1. The molecule has 20 heavy (non-hydrogen) atoms. The summed E-state index contributed by atoms with van der Waals surface area (Å²) in [6, 6.07) is 8.62. The van der Waals surface area contributed by atoms with E-state index in [9.17, 15) is 4.79 Å². The molecule has 4 heteroatoms. The van der Waals surface area contributed by atoms with Crippen molar-refractivity contribution in [2.24, 2.45) is 0 Å². The Morgan fingerprint density at radius 2 is 2.30 bits per heavy atom. The van der Waals surface area contributed by atoms with Crippen LogP contribution in [0.25, 0.3) is 0 Å². The zero-order valence-corrected chi connectivity index (χ0v) is 12.1. The maximum atomic E-state index is 12.4. The third-order valence-electron chi connectivity index (χ3n) is 4.57. The number of fused-ring (bicyclic) bond motifs is 1. The molecule has 1 saturated heterocycles. The highest BCUT2D eigenvalue weighted by atomic mass is 16.1. The van der Waals surface area contributed by atoms with E-state index in [1.807, 2.05) is 24.3 Å². The summed E-state index contributed by atoms with van der Waals surface area (Å²) in [6.07, 6.45) is 2.45. The molecule has 0 radical (unpaired) electrons. The molecule has 2 N–H and O–H groups in total. The zero-order chi connectivity index (χ0) is 13.9. The lowest BCUT2D eigenvalue weighted by atomic mass is 10.0. The summed E-state index contributed by atoms with van der Waals surface area (Å²) < 4.78 is 0. The number of hydrogen-bond acceptors (Lipinski definition) is 3. The van der Waals surface area contributed by atoms with Crippen molar-refractivity contribution in [3.63, 3.8) is 0 Å². The minimum Gasteiger partial charge on any atom is -0.384 e. The van der Waals surface area contributed by atoms with Crippen LogP contribution in [0.1, 0.15) is 31.2 Å². The largest absolute Gasteiger partial charge is 0.384 e. The van der Waals surface area contributed by atoms with Gasteiger partial charge in [0.25, 0.3) is 0 Å². The van der Waals surface area contributed by atoms with Crippen molar-refractivity contribution < 1.29 is 4.79 Å². The van der Waals surface area contributed by atoms with E-state index in [-0.39, 0.29) is 11.8 Å². The van der Waals surface area contributed by atoms with Gasteiger partial charge in [-0.1, -0.05) is 25.1 Å². The molecule has 3 rings (SSSR count). The van der Waals surface area contributed by atoms with Gasteiger partial charge in [-0.2, -0.15) is 0 Å². The fourth-order valence-corrected chi connectivity index (χ4v) is 3.40. The molecule has 1 aromatic carbocycles. The number of likely N-dealkylation sites (N-methyl/N-ethyl adjacent to an activating group) is 1. The molecular weight excluding hydrogens is 250 g/mol. The highest BCUT2D eigenvalue weighted by molar-refractivity contribution is 5.88. The van der Waals surface area contributed by atoms with Gasteiger partial charge in [-0.3, -0.25) is 9.69 Å². The first-order valence-corrected chi connectivity index (χ1v) is 7.64. The second-order valence-electron chi connectivity index (χ2n) is 5.69. The van der Waals surface area contributed by atoms with Crippen molar-refractivity contribution in [3.05, 3.63) is 29.8 Å². The smallest absolute Gasteiger partial charge is 0.229 e. The second kappa shape index (κ2) is 5.83. The second-order valence-corrected chi connectivity index (χ2v) is 5.69. The predicted octanol–water partition coefficient (Wildman–Crippen LogP) is 1.80. The van der Waals surface area contributed by atoms with E-state index < -0.39 is 0 Å². The standard InChI is InChI=1S/C16H23N3O/c1-2-19-9-5-6-12(19)10-18-16(20)14-11-17-15-8-4-3-7-13(14)15/h3-4,7-8,12,14,17H,2,5-6,9-11H2,1H3,(H,18,20). The summed E-state index contributed by atoms with van der Waals surface area (Å²) in [7, 11) is 0. The highest BCUT2D eigenvalue weighted by Crippen LogP contribution is 2.31. The Morgan fingerprint density at radius 1 is 1.45 bits per heavy atom. The maximum absolute atomic E-state index is 12.4. The van der Waals surface area contributed by atoms with Crippen LogP contribution < -0.4 is 10.6 Å². The quantitative estimate of drug-likeness (QED) is 0.879. The summed E-state index contributed by atoms with van der Waals surface area (Å²) >= 11 is 0. The molecule has 2 aliphatic heterocycles. The predicted molar refractivity (Wildman–Crippen MR) is 81.0 cm³/mol. The number of benzene rings is 1. The highest BCUT2D eigenvalue weighted by Gasteiger charge is 2.29. The van der Waals surface area contributed by atoms with Crippen LogP contribution in [0, 0.1) is 0 Å². The number of para-hydroxylation sites is 1. The zero-order valence-electron chi connectivity index (χ0n) is 12.1. The van der Waals surface area contributed by atoms with Crippen molar-refractivity contribution in [1.82, 2.24) is 10.2 Å². The lowest BCUT2D eigenvalue weighted by Crippen LogP contribution is -2.41. The minimum atomic E-state index is -0.0392. The van der Waals surface area contributed by atoms with Crippen LogP contribution in [0.4, 0.5) is 5.69 Å². The monoisotopic (exact) mass is 273 g/mol. The number of likely N-dealkylation sites (tertiary alicyclic amines) is 1. The molecule has 1 fully saturated rings. The number of rotatable bonds is 4. The van der Waals surface area contributed by atoms with Crippen molar-refractivity contribution in [2.45, 2.75) is 31.7 Å². The fourth-order valence-electron chi connectivity index (χ4n) is 3.40. The molecule has 2 unspecified atom stereocenters. The summed E-state index contributed by atoms with van der Waals surface area (Å²) in [5.41, 5.74) is 2.23. The number of nitrogens with zero attached hydrogens (tertiary/aromatic N) is 1. The van der Waals surface area contributed by atoms with Crippen molar-refractivity contribution in [3.8, 4) is 0 Å². The van der Waals surface area contributed by atoms with Gasteiger partial charge in [0.15, 0.2) is 0 Å². The Morgan fingerprint density at radius 3 is 3.15 bits per heavy atom. The first kappa shape index (κ1) is 13.4. The van der Waals surface area contributed by atoms with Gasteiger partial charge >= 0.3 is 0 Å². The van der Waals surface area contributed by atoms with Crippen LogP contribution in [0.2, 0.25) is 0 Å². The van der Waals surface area contributed by atoms with E-state index in [2.05, 4.69) is 22.5 Å². The van der Waals surface area contributed by atoms with Gasteiger partial charge in [-0.15, -0.1) is 0 Å². The van der Waals surface area contributed by atoms with Crippen LogP contribution in [-0.4, -0.2) is 43.0 Å². The number of anilines is 1. The van der Waals surface area contributed by atoms with Crippen molar-refractivity contribution in [2.75, 3.05) is 31.5 Å². The number of amides is 1. The summed E-state index contributed by atoms with van der Waals surface area (Å²) in [5.74, 6) is 0.119. The molecule has 0 spiro atoms. The number of carbonyl (C=O) groups is 1. The molecular formula is C16H23N3O. The Balaban J connectivity index is 1.58. The average Bonchev–Trinajstić information content (AvgIpc) is 3.11. The molecule has 0 aliphatic carbocycles. The summed E-state index contributed by atoms with van der Waals surface area (Å²) in [4.78, 5) is 14.8. The maximum Gasteiger partial charge on any atom is 0.229 e. The third-order valence-corrected chi connectivity index (χ3v) is 4.57. The molecule has 2 atom stereocenters. The van der Waals surface area contributed by atoms with Crippen LogP contribution in [-0.2, 0) is 4.79 Å². The SMILES string of the molecule is CCN1CCCC1CNC(=O)C1CNc2ccccc21. The average molecular weight is 273 g/mol. The Bertz CT molecular complexity index is 488. The Kier molecular flexibility index (Phi) is 3.92.